The first-order valence-electron chi connectivity index (χ1n) is 8.41. The molecule has 1 N–H and O–H groups in total. The lowest BCUT2D eigenvalue weighted by Crippen LogP contribution is -2.20. The summed E-state index contributed by atoms with van der Waals surface area (Å²) in [5.74, 6) is -0.548. The van der Waals surface area contributed by atoms with Crippen molar-refractivity contribution in [3.8, 4) is 0 Å². The Morgan fingerprint density at radius 1 is 1.21 bits per heavy atom. The quantitative estimate of drug-likeness (QED) is 0.341. The van der Waals surface area contributed by atoms with Crippen molar-refractivity contribution in [2.24, 2.45) is 5.10 Å². The maximum Gasteiger partial charge on any atom is 0.272 e. The predicted molar refractivity (Wildman–Crippen MR) is 113 cm³/mol. The minimum absolute atomic E-state index is 0.155. The van der Waals surface area contributed by atoms with Crippen molar-refractivity contribution in [3.05, 3.63) is 93.3 Å². The van der Waals surface area contributed by atoms with Crippen LogP contribution in [0.1, 0.15) is 22.8 Å². The minimum atomic E-state index is -0.548. The third kappa shape index (κ3) is 5.40. The van der Waals surface area contributed by atoms with E-state index in [9.17, 15) is 14.9 Å². The van der Waals surface area contributed by atoms with Gasteiger partial charge in [-0.2, -0.15) is 5.10 Å². The summed E-state index contributed by atoms with van der Waals surface area (Å²) in [6.07, 6.45) is 3.26. The van der Waals surface area contributed by atoms with E-state index in [0.29, 0.717) is 15.6 Å². The Hall–Kier alpha value is -3.23. The SMILES string of the molecule is CC(=NNC(=O)c1cc([N+](=O)[O-])ccc1Sc1ccc(Cl)cc1)c1cccnc1. The number of carbonyl (C=O) groups is 1. The number of hydrogen-bond donors (Lipinski definition) is 1. The molecule has 0 saturated heterocycles. The lowest BCUT2D eigenvalue weighted by molar-refractivity contribution is -0.384. The van der Waals surface area contributed by atoms with E-state index >= 15 is 0 Å². The number of hydrogen-bond acceptors (Lipinski definition) is 6. The van der Waals surface area contributed by atoms with Crippen molar-refractivity contribution >= 4 is 40.7 Å². The number of rotatable bonds is 6. The highest BCUT2D eigenvalue weighted by atomic mass is 35.5. The Bertz CT molecular complexity index is 1070. The number of nitrogens with zero attached hydrogens (tertiary/aromatic N) is 3. The summed E-state index contributed by atoms with van der Waals surface area (Å²) in [5.41, 5.74) is 3.75. The molecule has 29 heavy (non-hydrogen) atoms. The maximum absolute atomic E-state index is 12.7. The van der Waals surface area contributed by atoms with Crippen LogP contribution < -0.4 is 5.43 Å². The van der Waals surface area contributed by atoms with Crippen LogP contribution in [0.5, 0.6) is 0 Å². The summed E-state index contributed by atoms with van der Waals surface area (Å²) in [4.78, 5) is 28.7. The lowest BCUT2D eigenvalue weighted by atomic mass is 10.2. The molecule has 0 unspecified atom stereocenters. The van der Waals surface area contributed by atoms with E-state index < -0.39 is 10.8 Å². The lowest BCUT2D eigenvalue weighted by Gasteiger charge is -2.09. The smallest absolute Gasteiger partial charge is 0.267 e. The fraction of sp³-hybridized carbons (Fsp3) is 0.0500. The average Bonchev–Trinajstić information content (AvgIpc) is 2.74. The number of pyridine rings is 1. The van der Waals surface area contributed by atoms with Gasteiger partial charge in [0.05, 0.1) is 16.2 Å². The number of aromatic nitrogens is 1. The van der Waals surface area contributed by atoms with Gasteiger partial charge in [0.15, 0.2) is 0 Å². The monoisotopic (exact) mass is 426 g/mol. The van der Waals surface area contributed by atoms with Gasteiger partial charge in [0.2, 0.25) is 0 Å². The zero-order valence-corrected chi connectivity index (χ0v) is 16.8. The van der Waals surface area contributed by atoms with Crippen LogP contribution in [-0.2, 0) is 0 Å². The molecule has 7 nitrogen and oxygen atoms in total. The summed E-state index contributed by atoms with van der Waals surface area (Å²) in [5, 5.41) is 15.8. The molecule has 0 bridgehead atoms. The first-order valence-corrected chi connectivity index (χ1v) is 9.60. The van der Waals surface area contributed by atoms with Gasteiger partial charge in [-0.05, 0) is 43.3 Å². The highest BCUT2D eigenvalue weighted by molar-refractivity contribution is 7.99. The number of halogens is 1. The molecule has 2 aromatic carbocycles. The van der Waals surface area contributed by atoms with Crippen molar-refractivity contribution in [2.45, 2.75) is 16.7 Å². The first kappa shape index (κ1) is 20.5. The standard InChI is InChI=1S/C20H15ClN4O3S/c1-13(14-3-2-10-22-12-14)23-24-20(26)18-11-16(25(27)28)6-9-19(18)29-17-7-4-15(21)5-8-17/h2-12H,1H3,(H,24,26). The maximum atomic E-state index is 12.7. The van der Waals surface area contributed by atoms with Crippen LogP contribution in [0.3, 0.4) is 0 Å². The molecule has 1 aromatic heterocycles. The molecule has 3 rings (SSSR count). The second-order valence-corrected chi connectivity index (χ2v) is 7.43. The summed E-state index contributed by atoms with van der Waals surface area (Å²) >= 11 is 7.21. The van der Waals surface area contributed by atoms with Gasteiger partial charge in [-0.15, -0.1) is 0 Å². The van der Waals surface area contributed by atoms with E-state index in [-0.39, 0.29) is 11.3 Å². The van der Waals surface area contributed by atoms with Crippen LogP contribution in [0, 0.1) is 10.1 Å². The topological polar surface area (TPSA) is 97.5 Å². The Morgan fingerprint density at radius 3 is 2.62 bits per heavy atom. The summed E-state index contributed by atoms with van der Waals surface area (Å²) in [6, 6.07) is 14.8. The number of hydrazone groups is 1. The number of nitrogens with one attached hydrogen (secondary N) is 1. The van der Waals surface area contributed by atoms with E-state index in [4.69, 9.17) is 11.6 Å². The first-order chi connectivity index (χ1) is 13.9. The molecule has 0 fully saturated rings. The van der Waals surface area contributed by atoms with E-state index in [0.717, 1.165) is 10.5 Å². The highest BCUT2D eigenvalue weighted by Gasteiger charge is 2.17. The zero-order valence-electron chi connectivity index (χ0n) is 15.2. The van der Waals surface area contributed by atoms with Crippen molar-refractivity contribution in [3.63, 3.8) is 0 Å². The van der Waals surface area contributed by atoms with Crippen LogP contribution in [0.2, 0.25) is 5.02 Å². The molecule has 3 aromatic rings. The molecule has 0 atom stereocenters. The number of benzene rings is 2. The molecule has 0 aliphatic carbocycles. The molecule has 0 saturated carbocycles. The molecular weight excluding hydrogens is 412 g/mol. The average molecular weight is 427 g/mol. The van der Waals surface area contributed by atoms with Crippen LogP contribution in [-0.4, -0.2) is 21.5 Å². The normalized spacial score (nSPS) is 11.2. The van der Waals surface area contributed by atoms with E-state index in [2.05, 4.69) is 15.5 Å². The van der Waals surface area contributed by atoms with Gasteiger partial charge >= 0.3 is 0 Å². The molecule has 146 valence electrons. The summed E-state index contributed by atoms with van der Waals surface area (Å²) < 4.78 is 0. The predicted octanol–water partition coefficient (Wildman–Crippen LogP) is 4.95. The fourth-order valence-electron chi connectivity index (χ4n) is 2.36. The number of non-ortho nitro benzene ring substituents is 1. The molecular formula is C20H15ClN4O3S. The van der Waals surface area contributed by atoms with Crippen LogP contribution in [0.4, 0.5) is 5.69 Å². The van der Waals surface area contributed by atoms with Crippen molar-refractivity contribution < 1.29 is 9.72 Å². The van der Waals surface area contributed by atoms with Crippen LogP contribution in [0.15, 0.2) is 81.9 Å². The molecule has 0 spiro atoms. The van der Waals surface area contributed by atoms with Gasteiger partial charge in [-0.3, -0.25) is 19.9 Å². The van der Waals surface area contributed by atoms with Gasteiger partial charge in [0.25, 0.3) is 11.6 Å². The summed E-state index contributed by atoms with van der Waals surface area (Å²) in [6.45, 7) is 1.73. The third-order valence-corrected chi connectivity index (χ3v) is 5.20. The second kappa shape index (κ2) is 9.31. The fourth-order valence-corrected chi connectivity index (χ4v) is 3.41. The number of amides is 1. The van der Waals surface area contributed by atoms with Gasteiger partial charge < -0.3 is 0 Å². The Morgan fingerprint density at radius 2 is 1.97 bits per heavy atom. The minimum Gasteiger partial charge on any atom is -0.267 e. The van der Waals surface area contributed by atoms with E-state index in [1.165, 1.54) is 23.9 Å². The van der Waals surface area contributed by atoms with E-state index in [1.807, 2.05) is 6.07 Å². The molecule has 9 heteroatoms. The van der Waals surface area contributed by atoms with Gasteiger partial charge in [0, 0.05) is 44.9 Å². The molecule has 0 aliphatic heterocycles. The highest BCUT2D eigenvalue weighted by Crippen LogP contribution is 2.33. The van der Waals surface area contributed by atoms with Crippen LogP contribution >= 0.6 is 23.4 Å². The second-order valence-electron chi connectivity index (χ2n) is 5.87. The van der Waals surface area contributed by atoms with Gasteiger partial charge in [0.1, 0.15) is 0 Å². The van der Waals surface area contributed by atoms with Gasteiger partial charge in [-0.25, -0.2) is 5.43 Å². The number of nitro groups is 1. The number of carbonyl (C=O) groups excluding carboxylic acids is 1. The van der Waals surface area contributed by atoms with Crippen LogP contribution in [0.25, 0.3) is 0 Å². The van der Waals surface area contributed by atoms with Crippen molar-refractivity contribution in [1.29, 1.82) is 0 Å². The molecule has 0 radical (unpaired) electrons. The van der Waals surface area contributed by atoms with Crippen molar-refractivity contribution in [2.75, 3.05) is 0 Å². The summed E-state index contributed by atoms with van der Waals surface area (Å²) in [7, 11) is 0. The molecule has 1 amide bonds. The third-order valence-electron chi connectivity index (χ3n) is 3.86. The van der Waals surface area contributed by atoms with E-state index in [1.54, 1.807) is 55.7 Å². The largest absolute Gasteiger partial charge is 0.272 e. The van der Waals surface area contributed by atoms with Crippen molar-refractivity contribution in [1.82, 2.24) is 10.4 Å². The Balaban J connectivity index is 1.88. The van der Waals surface area contributed by atoms with Gasteiger partial charge in [-0.1, -0.05) is 29.4 Å². The molecule has 1 heterocycles. The zero-order chi connectivity index (χ0) is 20.8. The Kier molecular flexibility index (Phi) is 6.58. The molecule has 0 aliphatic rings. The number of nitro benzene ring substituents is 1. The Labute approximate surface area is 176 Å².